The average molecular weight is 1130 g/mol. The zero-order valence-corrected chi connectivity index (χ0v) is 48.6. The van der Waals surface area contributed by atoms with Crippen LogP contribution in [-0.2, 0) is 47.1 Å². The highest BCUT2D eigenvalue weighted by Crippen LogP contribution is 2.54. The van der Waals surface area contributed by atoms with Gasteiger partial charge in [0.2, 0.25) is 0 Å². The Bertz CT molecular complexity index is 2840. The van der Waals surface area contributed by atoms with E-state index in [1.165, 1.54) is 57.8 Å². The molecule has 0 radical (unpaired) electrons. The van der Waals surface area contributed by atoms with Crippen molar-refractivity contribution in [3.05, 3.63) is 10.4 Å². The molecule has 0 spiro atoms. The number of nitrogens with one attached hydrogen (secondary N) is 1. The quantitative estimate of drug-likeness (QED) is 0.00844. The summed E-state index contributed by atoms with van der Waals surface area (Å²) in [6.07, 6.45) is 19.9. The van der Waals surface area contributed by atoms with Gasteiger partial charge in [-0.1, -0.05) is 142 Å². The summed E-state index contributed by atoms with van der Waals surface area (Å²) in [5, 5.41) is 10.0. The molecule has 0 bridgehead atoms. The molecule has 16 nitrogen and oxygen atoms in total. The predicted octanol–water partition coefficient (Wildman–Crippen LogP) is 14.4. The van der Waals surface area contributed by atoms with Gasteiger partial charge in [-0.3, -0.25) is 8.76 Å². The van der Waals surface area contributed by atoms with E-state index in [9.17, 15) is 13.9 Å². The van der Waals surface area contributed by atoms with E-state index < -0.39 is 36.9 Å². The van der Waals surface area contributed by atoms with Gasteiger partial charge in [0.15, 0.2) is 10.5 Å². The third-order valence-corrected chi connectivity index (χ3v) is 15.2. The molecular weight excluding hydrogens is 1010 g/mol. The number of azide groups is 1. The lowest BCUT2D eigenvalue weighted by Crippen LogP contribution is -2.66. The summed E-state index contributed by atoms with van der Waals surface area (Å²) in [6, 6.07) is -0.639. The molecule has 1 N–H and O–H groups in total. The van der Waals surface area contributed by atoms with Crippen LogP contribution in [0.1, 0.15) is 175 Å². The van der Waals surface area contributed by atoms with Gasteiger partial charge in [-0.15, -0.1) is 10.8 Å². The van der Waals surface area contributed by atoms with E-state index in [4.69, 9.17) is 25.0 Å². The molecule has 440 valence electrons. The molecule has 0 aromatic carbocycles. The van der Waals surface area contributed by atoms with Crippen molar-refractivity contribution < 1.29 is 81.0 Å². The molecule has 20 heteroatoms. The fourth-order valence-electron chi connectivity index (χ4n) is 6.57. The predicted molar refractivity (Wildman–Crippen MR) is 346 cm³/mol. The Labute approximate surface area is 488 Å². The molecule has 1 heterocycles. The highest BCUT2D eigenvalue weighted by Gasteiger charge is 2.62. The maximum absolute atomic E-state index is 12.2. The summed E-state index contributed by atoms with van der Waals surface area (Å²) in [6.45, 7) is 16.8. The number of terminal acetylenes is 1. The summed E-state index contributed by atoms with van der Waals surface area (Å²) < 4.78 is 51.1. The monoisotopic (exact) mass is 1130 g/mol. The van der Waals surface area contributed by atoms with Crippen LogP contribution in [0, 0.1) is 160 Å². The van der Waals surface area contributed by atoms with Crippen molar-refractivity contribution in [3.63, 3.8) is 0 Å². The van der Waals surface area contributed by atoms with Gasteiger partial charge in [0.05, 0.1) is 23.7 Å². The van der Waals surface area contributed by atoms with Gasteiger partial charge in [-0.2, -0.15) is 13.9 Å². The summed E-state index contributed by atoms with van der Waals surface area (Å²) in [5.74, 6) is 61.9. The maximum Gasteiger partial charge on any atom is 0.349 e. The van der Waals surface area contributed by atoms with Crippen molar-refractivity contribution in [1.82, 2.24) is 5.34 Å². The highest BCUT2D eigenvalue weighted by atomic mass is 32.2. The van der Waals surface area contributed by atoms with Crippen molar-refractivity contribution >= 4 is 42.1 Å². The van der Waals surface area contributed by atoms with Gasteiger partial charge in [-0.25, -0.2) is 0 Å². The van der Waals surface area contributed by atoms with Gasteiger partial charge in [0, 0.05) is 118 Å². The number of thiol groups is 1. The van der Waals surface area contributed by atoms with E-state index >= 15 is 0 Å². The van der Waals surface area contributed by atoms with E-state index in [1.807, 2.05) is 0 Å². The fourth-order valence-corrected chi connectivity index (χ4v) is 12.3. The zero-order valence-electron chi connectivity index (χ0n) is 43.9. The number of hydrogen-bond donors (Lipinski definition) is 2. The lowest BCUT2D eigenvalue weighted by atomic mass is 10.00. The first-order valence-electron chi connectivity index (χ1n) is 23.1. The molecule has 1 rings (SSSR count). The van der Waals surface area contributed by atoms with Gasteiger partial charge in [0.25, 0.3) is 10.1 Å². The molecule has 74 heavy (non-hydrogen) atoms. The van der Waals surface area contributed by atoms with Crippen LogP contribution in [0.4, 0.5) is 0 Å². The van der Waals surface area contributed by atoms with Crippen LogP contribution < -0.4 is 0 Å². The van der Waals surface area contributed by atoms with Crippen LogP contribution in [0.25, 0.3) is 10.4 Å². The van der Waals surface area contributed by atoms with Crippen LogP contribution in [0.3, 0.4) is 0 Å². The molecule has 1 aliphatic heterocycles. The largest absolute Gasteiger partial charge is 0.393 e. The van der Waals surface area contributed by atoms with E-state index in [0.29, 0.717) is 16.9 Å². The molecule has 0 aromatic heterocycles. The first-order valence-corrected chi connectivity index (χ1v) is 27.9. The van der Waals surface area contributed by atoms with Gasteiger partial charge in [0.1, 0.15) is 6.10 Å². The first-order chi connectivity index (χ1) is 35.4. The van der Waals surface area contributed by atoms with Crippen LogP contribution in [-0.4, -0.2) is 63.9 Å². The zero-order chi connectivity index (χ0) is 55.7. The maximum atomic E-state index is 12.2. The SMILES string of the molecule is C#CC#CC#CC#CC#CC#CC#CC#CC#CC#CC#CC#CC#CC.CCCCCCCCCCCCCC[C@@H](OS(C)(=O)=O)[C@H]1O[Si](C(C)(C)C)(C(C)(C)C)OC[C@@H]1N=[N+]=[N-].N=NN(OOS)OOO[SiH3].[HH].[HH].[HH].[HH].[HH].[HH].[HH].[HH].[HH].[HH].[HH].[HH].[HH].[HH].[HH].[HH].[HH].[HH].[HH].[HH].[HH].[HH].[HH].[HH].[HH]. The van der Waals surface area contributed by atoms with Crippen LogP contribution in [0.15, 0.2) is 10.3 Å². The molecule has 1 fully saturated rings. The Morgan fingerprint density at radius 1 is 0.743 bits per heavy atom. The second-order valence-electron chi connectivity index (χ2n) is 16.9. The topological polar surface area (TPSA) is 196 Å². The second-order valence-corrected chi connectivity index (χ2v) is 23.7. The van der Waals surface area contributed by atoms with Crippen LogP contribution >= 0.6 is 12.9 Å². The number of unbranched alkanes of at least 4 members (excludes halogenated alkanes) is 11. The standard InChI is InChI=1S/C27H55N3O5SSi.C27H4.H5N3O5SSi.25H2/c1-9-10-11-12-13-14-15-16-17-18-19-20-21-24(34-36(8,31)32)25-23(29-30-28)22-33-37(35-25,26(2,3)4)27(5,6)7;1-3-5-7-9-11-13-15-17-19-21-23-25-27-26-24-22-20-18-16-14-12-10-8-6-4-2;1-2-3(5-7-9)4-6-8-10;;;;;;;;;;;;;;;;;;;;;;;;;/h23-25H,9-22H2,1-8H3;1H,2H3;1,9H,10H3;25*1H/t23-,24+,25-;;;;;;;;;;;;;;;;;;;;;;;;;;;/m0.........................../s1. The van der Waals surface area contributed by atoms with Crippen molar-refractivity contribution in [2.24, 2.45) is 10.3 Å². The minimum Gasteiger partial charge on any atom is -0.393 e. The Kier molecular flexibility index (Phi) is 42.3. The number of rotatable bonds is 23. The normalized spacial score (nSPS) is 13.4. The summed E-state index contributed by atoms with van der Waals surface area (Å²) >= 11 is 3.16. The summed E-state index contributed by atoms with van der Waals surface area (Å²) in [5.41, 5.74) is 15.5. The highest BCUT2D eigenvalue weighted by molar-refractivity contribution is 7.86. The van der Waals surface area contributed by atoms with Gasteiger partial charge in [-0.05, 0) is 129 Å². The molecule has 0 saturated carbocycles. The Morgan fingerprint density at radius 2 is 1.14 bits per heavy atom. The Hall–Kier alpha value is -6.60. The minimum atomic E-state index is -3.73. The molecule has 1 aliphatic rings. The molecule has 0 aromatic rings. The van der Waals surface area contributed by atoms with Crippen molar-refractivity contribution in [2.45, 2.75) is 167 Å². The summed E-state index contributed by atoms with van der Waals surface area (Å²) in [4.78, 5) is 10.9. The smallest absolute Gasteiger partial charge is 0.349 e. The molecule has 1 saturated heterocycles. The fraction of sp³-hybridized carbons (Fsp3) is 0.519. The van der Waals surface area contributed by atoms with Crippen LogP contribution in [0.2, 0.25) is 10.1 Å². The number of nitrogens with zero attached hydrogens (tertiary/aromatic N) is 5. The van der Waals surface area contributed by atoms with E-state index in [0.717, 1.165) is 25.5 Å². The van der Waals surface area contributed by atoms with Crippen molar-refractivity contribution in [3.8, 4) is 154 Å². The second kappa shape index (κ2) is 45.1. The molecule has 0 amide bonds. The lowest BCUT2D eigenvalue weighted by Gasteiger charge is -2.55. The minimum absolute atomic E-state index is 0. The van der Waals surface area contributed by atoms with Gasteiger partial charge >= 0.3 is 8.56 Å². The van der Waals surface area contributed by atoms with Crippen LogP contribution in [0.5, 0.6) is 0 Å². The lowest BCUT2D eigenvalue weighted by molar-refractivity contribution is -0.643. The third kappa shape index (κ3) is 37.2. The van der Waals surface area contributed by atoms with E-state index in [-0.39, 0.29) is 57.7 Å². The van der Waals surface area contributed by atoms with Crippen molar-refractivity contribution in [1.29, 1.82) is 5.53 Å². The molecule has 3 atom stereocenters. The van der Waals surface area contributed by atoms with E-state index in [1.54, 1.807) is 6.92 Å². The van der Waals surface area contributed by atoms with Gasteiger partial charge < -0.3 is 8.85 Å². The Balaban J connectivity index is -0.0000000305. The first kappa shape index (κ1) is 69.5. The third-order valence-electron chi connectivity index (χ3n) is 9.23. The average Bonchev–Trinajstić information content (AvgIpc) is 3.35. The van der Waals surface area contributed by atoms with E-state index in [2.05, 4.69) is 249 Å². The van der Waals surface area contributed by atoms with Crippen molar-refractivity contribution in [2.75, 3.05) is 12.9 Å². The molecule has 0 unspecified atom stereocenters. The molecule has 0 aliphatic carbocycles. The number of hydrogen-bond acceptors (Lipinski definition) is 14. The molecular formula is C54H114N6O10S2Si2. The Morgan fingerprint density at radius 3 is 1.46 bits per heavy atom. The summed E-state index contributed by atoms with van der Waals surface area (Å²) in [7, 11) is -6.32.